The molecule has 106 valence electrons. The summed E-state index contributed by atoms with van der Waals surface area (Å²) in [5.41, 5.74) is 0. The Morgan fingerprint density at radius 2 is 1.95 bits per heavy atom. The first-order valence-corrected chi connectivity index (χ1v) is 7.72. The van der Waals surface area contributed by atoms with Gasteiger partial charge in [-0.15, -0.1) is 0 Å². The zero-order valence-corrected chi connectivity index (χ0v) is 12.1. The molecule has 5 nitrogen and oxygen atoms in total. The highest BCUT2D eigenvalue weighted by molar-refractivity contribution is 7.89. The fourth-order valence-electron chi connectivity index (χ4n) is 1.37. The minimum absolute atomic E-state index is 0.146. The van der Waals surface area contributed by atoms with Gasteiger partial charge in [0.05, 0.1) is 11.5 Å². The van der Waals surface area contributed by atoms with Crippen LogP contribution in [0.15, 0.2) is 29.2 Å². The summed E-state index contributed by atoms with van der Waals surface area (Å²) in [6, 6.07) is 5.87. The zero-order chi connectivity index (χ0) is 14.3. The maximum Gasteiger partial charge on any atom is 0.305 e. The van der Waals surface area contributed by atoms with Crippen molar-refractivity contribution in [3.8, 4) is 0 Å². The predicted octanol–water partition coefficient (Wildman–Crippen LogP) is 1.96. The van der Waals surface area contributed by atoms with Crippen LogP contribution in [0.25, 0.3) is 0 Å². The first-order valence-electron chi connectivity index (χ1n) is 5.86. The summed E-state index contributed by atoms with van der Waals surface area (Å²) >= 11 is 5.69. The van der Waals surface area contributed by atoms with Crippen molar-refractivity contribution in [3.05, 3.63) is 29.3 Å². The number of halogens is 1. The number of hydrogen-bond donors (Lipinski definition) is 1. The van der Waals surface area contributed by atoms with Gasteiger partial charge >= 0.3 is 5.97 Å². The third-order valence-electron chi connectivity index (χ3n) is 2.28. The molecule has 0 aliphatic heterocycles. The number of rotatable bonds is 7. The molecule has 1 rings (SSSR count). The zero-order valence-electron chi connectivity index (χ0n) is 10.6. The van der Waals surface area contributed by atoms with Crippen LogP contribution in [0.3, 0.4) is 0 Å². The number of benzene rings is 1. The third kappa shape index (κ3) is 5.59. The Kier molecular flexibility index (Phi) is 6.27. The molecule has 0 bridgehead atoms. The van der Waals surface area contributed by atoms with Crippen LogP contribution in [0.4, 0.5) is 0 Å². The second kappa shape index (κ2) is 7.47. The van der Waals surface area contributed by atoms with Crippen molar-refractivity contribution in [1.29, 1.82) is 0 Å². The summed E-state index contributed by atoms with van der Waals surface area (Å²) in [6.45, 7) is 2.24. The van der Waals surface area contributed by atoms with E-state index in [1.54, 1.807) is 6.92 Å². The first kappa shape index (κ1) is 15.9. The smallest absolute Gasteiger partial charge is 0.305 e. The monoisotopic (exact) mass is 305 g/mol. The molecule has 0 unspecified atom stereocenters. The topological polar surface area (TPSA) is 72.5 Å². The van der Waals surface area contributed by atoms with Crippen molar-refractivity contribution in [1.82, 2.24) is 4.72 Å². The highest BCUT2D eigenvalue weighted by atomic mass is 35.5. The van der Waals surface area contributed by atoms with Gasteiger partial charge in [0.2, 0.25) is 10.0 Å². The van der Waals surface area contributed by atoms with Gasteiger partial charge in [0.25, 0.3) is 0 Å². The lowest BCUT2D eigenvalue weighted by Gasteiger charge is -2.06. The Morgan fingerprint density at radius 1 is 1.32 bits per heavy atom. The highest BCUT2D eigenvalue weighted by Gasteiger charge is 2.13. The maximum absolute atomic E-state index is 11.8. The van der Waals surface area contributed by atoms with E-state index in [1.807, 2.05) is 0 Å². The molecule has 1 aromatic rings. The molecule has 0 aliphatic carbocycles. The number of ether oxygens (including phenoxy) is 1. The van der Waals surface area contributed by atoms with Gasteiger partial charge in [0.15, 0.2) is 0 Å². The average Bonchev–Trinajstić information content (AvgIpc) is 2.36. The van der Waals surface area contributed by atoms with Crippen molar-refractivity contribution in [2.45, 2.75) is 24.7 Å². The molecule has 7 heteroatoms. The van der Waals surface area contributed by atoms with E-state index in [2.05, 4.69) is 4.72 Å². The molecule has 0 spiro atoms. The van der Waals surface area contributed by atoms with Gasteiger partial charge in [-0.2, -0.15) is 0 Å². The van der Waals surface area contributed by atoms with Crippen molar-refractivity contribution in [2.24, 2.45) is 0 Å². The van der Waals surface area contributed by atoms with Crippen molar-refractivity contribution < 1.29 is 17.9 Å². The fraction of sp³-hybridized carbons (Fsp3) is 0.417. The SMILES string of the molecule is CCOC(=O)CCCNS(=O)(=O)c1ccc(Cl)cc1. The van der Waals surface area contributed by atoms with Crippen LogP contribution in [0.2, 0.25) is 5.02 Å². The van der Waals surface area contributed by atoms with Crippen molar-refractivity contribution in [2.75, 3.05) is 13.2 Å². The quantitative estimate of drug-likeness (QED) is 0.617. The number of carbonyl (C=O) groups is 1. The molecule has 0 amide bonds. The Hall–Kier alpha value is -1.11. The number of nitrogens with one attached hydrogen (secondary N) is 1. The molecule has 0 heterocycles. The molecule has 0 aliphatic rings. The molecule has 0 saturated carbocycles. The third-order valence-corrected chi connectivity index (χ3v) is 4.01. The largest absolute Gasteiger partial charge is 0.466 e. The summed E-state index contributed by atoms with van der Waals surface area (Å²) in [5, 5.41) is 0.473. The Balaban J connectivity index is 2.43. The minimum Gasteiger partial charge on any atom is -0.466 e. The summed E-state index contributed by atoms with van der Waals surface area (Å²) in [6.07, 6.45) is 0.586. The van der Waals surface area contributed by atoms with Crippen LogP contribution in [0, 0.1) is 0 Å². The van der Waals surface area contributed by atoms with Gasteiger partial charge in [-0.05, 0) is 37.6 Å². The van der Waals surface area contributed by atoms with Crippen LogP contribution >= 0.6 is 11.6 Å². The maximum atomic E-state index is 11.8. The van der Waals surface area contributed by atoms with Crippen molar-refractivity contribution in [3.63, 3.8) is 0 Å². The second-order valence-electron chi connectivity index (χ2n) is 3.76. The summed E-state index contributed by atoms with van der Waals surface area (Å²) in [4.78, 5) is 11.2. The predicted molar refractivity (Wildman–Crippen MR) is 72.5 cm³/mol. The van der Waals surface area contributed by atoms with E-state index in [-0.39, 0.29) is 23.8 Å². The van der Waals surface area contributed by atoms with E-state index in [0.717, 1.165) is 0 Å². The van der Waals surface area contributed by atoms with Crippen LogP contribution < -0.4 is 4.72 Å². The van der Waals surface area contributed by atoms with Crippen LogP contribution in [-0.4, -0.2) is 27.5 Å². The standard InChI is InChI=1S/C12H16ClNO4S/c1-2-18-12(15)4-3-9-14-19(16,17)11-7-5-10(13)6-8-11/h5-8,14H,2-4,9H2,1H3. The lowest BCUT2D eigenvalue weighted by Crippen LogP contribution is -2.25. The molecule has 19 heavy (non-hydrogen) atoms. The van der Waals surface area contributed by atoms with Gasteiger partial charge in [-0.3, -0.25) is 4.79 Å². The van der Waals surface area contributed by atoms with Gasteiger partial charge in [-0.1, -0.05) is 11.6 Å². The molecular weight excluding hydrogens is 290 g/mol. The Morgan fingerprint density at radius 3 is 2.53 bits per heavy atom. The fourth-order valence-corrected chi connectivity index (χ4v) is 2.57. The average molecular weight is 306 g/mol. The Labute approximate surface area is 118 Å². The molecule has 0 fully saturated rings. The molecule has 0 atom stereocenters. The number of hydrogen-bond acceptors (Lipinski definition) is 4. The first-order chi connectivity index (χ1) is 8.95. The molecule has 1 aromatic carbocycles. The molecule has 0 radical (unpaired) electrons. The van der Waals surface area contributed by atoms with Crippen molar-refractivity contribution >= 4 is 27.6 Å². The van der Waals surface area contributed by atoms with Gasteiger partial charge in [-0.25, -0.2) is 13.1 Å². The van der Waals surface area contributed by atoms with E-state index in [4.69, 9.17) is 16.3 Å². The van der Waals surface area contributed by atoms with Crippen LogP contribution in [-0.2, 0) is 19.6 Å². The van der Waals surface area contributed by atoms with Gasteiger partial charge in [0, 0.05) is 18.0 Å². The van der Waals surface area contributed by atoms with Crippen LogP contribution in [0.5, 0.6) is 0 Å². The summed E-state index contributed by atoms with van der Waals surface area (Å²) < 4.78 is 30.8. The van der Waals surface area contributed by atoms with E-state index < -0.39 is 10.0 Å². The molecular formula is C12H16ClNO4S. The van der Waals surface area contributed by atoms with E-state index in [9.17, 15) is 13.2 Å². The number of sulfonamides is 1. The summed E-state index contributed by atoms with van der Waals surface area (Å²) in [7, 11) is -3.55. The van der Waals surface area contributed by atoms with Crippen LogP contribution in [0.1, 0.15) is 19.8 Å². The van der Waals surface area contributed by atoms with E-state index >= 15 is 0 Å². The lowest BCUT2D eigenvalue weighted by molar-refractivity contribution is -0.143. The van der Waals surface area contributed by atoms with Gasteiger partial charge in [0.1, 0.15) is 0 Å². The minimum atomic E-state index is -3.55. The summed E-state index contributed by atoms with van der Waals surface area (Å²) in [5.74, 6) is -0.326. The van der Waals surface area contributed by atoms with E-state index in [0.29, 0.717) is 18.1 Å². The van der Waals surface area contributed by atoms with E-state index in [1.165, 1.54) is 24.3 Å². The molecule has 0 saturated heterocycles. The molecule has 0 aromatic heterocycles. The highest BCUT2D eigenvalue weighted by Crippen LogP contribution is 2.13. The normalized spacial score (nSPS) is 11.3. The number of carbonyl (C=O) groups excluding carboxylic acids is 1. The number of esters is 1. The Bertz CT molecular complexity index is 513. The second-order valence-corrected chi connectivity index (χ2v) is 5.96. The van der Waals surface area contributed by atoms with Gasteiger partial charge < -0.3 is 4.74 Å². The molecule has 1 N–H and O–H groups in total. The lowest BCUT2D eigenvalue weighted by atomic mass is 10.3.